The van der Waals surface area contributed by atoms with Crippen molar-refractivity contribution in [1.29, 1.82) is 0 Å². The van der Waals surface area contributed by atoms with Crippen molar-refractivity contribution in [3.63, 3.8) is 0 Å². The average Bonchev–Trinajstić information content (AvgIpc) is 3.32. The number of ether oxygens (including phenoxy) is 2. The minimum Gasteiger partial charge on any atom is -0.454 e. The standard InChI is InChI=1S/C21H26N4O4S/c1-14(2)25-17-12-24(10-15-6-7-18-19(9-15)29-13-28-18)11-16(17)23(3)21-20(30(25,26)27)5-4-8-22-21/h4-9,14,16-17H,10-13H2,1-3H3/t16-,17+/m1/s1. The molecule has 1 aromatic carbocycles. The molecule has 1 fully saturated rings. The molecule has 0 amide bonds. The Morgan fingerprint density at radius 1 is 1.13 bits per heavy atom. The largest absolute Gasteiger partial charge is 0.454 e. The zero-order chi connectivity index (χ0) is 21.0. The maximum absolute atomic E-state index is 13.6. The molecule has 3 aliphatic heterocycles. The van der Waals surface area contributed by atoms with Crippen molar-refractivity contribution < 1.29 is 17.9 Å². The van der Waals surface area contributed by atoms with Crippen LogP contribution in [0.3, 0.4) is 0 Å². The summed E-state index contributed by atoms with van der Waals surface area (Å²) >= 11 is 0. The van der Waals surface area contributed by atoms with Gasteiger partial charge >= 0.3 is 0 Å². The summed E-state index contributed by atoms with van der Waals surface area (Å²) in [6.45, 7) is 6.27. The van der Waals surface area contributed by atoms with Crippen LogP contribution in [0.5, 0.6) is 11.5 Å². The lowest BCUT2D eigenvalue weighted by Gasteiger charge is -2.34. The molecule has 160 valence electrons. The number of aromatic nitrogens is 1. The topological polar surface area (TPSA) is 75.2 Å². The third-order valence-electron chi connectivity index (χ3n) is 6.15. The molecule has 0 spiro atoms. The molecule has 0 saturated carbocycles. The van der Waals surface area contributed by atoms with Gasteiger partial charge in [0.1, 0.15) is 10.7 Å². The second-order valence-corrected chi connectivity index (χ2v) is 10.2. The highest BCUT2D eigenvalue weighted by molar-refractivity contribution is 7.89. The molecule has 1 saturated heterocycles. The van der Waals surface area contributed by atoms with Crippen LogP contribution in [0.25, 0.3) is 0 Å². The first kappa shape index (κ1) is 19.6. The molecule has 4 heterocycles. The number of anilines is 1. The zero-order valence-corrected chi connectivity index (χ0v) is 18.2. The van der Waals surface area contributed by atoms with Gasteiger partial charge in [-0.15, -0.1) is 0 Å². The number of nitrogens with zero attached hydrogens (tertiary/aromatic N) is 4. The second-order valence-electron chi connectivity index (χ2n) is 8.38. The molecule has 9 heteroatoms. The summed E-state index contributed by atoms with van der Waals surface area (Å²) in [6.07, 6.45) is 1.66. The van der Waals surface area contributed by atoms with Gasteiger partial charge in [-0.2, -0.15) is 4.31 Å². The van der Waals surface area contributed by atoms with Crippen LogP contribution in [-0.2, 0) is 16.6 Å². The summed E-state index contributed by atoms with van der Waals surface area (Å²) in [4.78, 5) is 9.07. The number of likely N-dealkylation sites (N-methyl/N-ethyl adjacent to an activating group) is 1. The van der Waals surface area contributed by atoms with Gasteiger partial charge in [0.25, 0.3) is 0 Å². The molecule has 30 heavy (non-hydrogen) atoms. The van der Waals surface area contributed by atoms with Crippen LogP contribution >= 0.6 is 0 Å². The minimum atomic E-state index is -3.64. The minimum absolute atomic E-state index is 0.0207. The molecule has 3 aliphatic rings. The van der Waals surface area contributed by atoms with E-state index in [1.807, 2.05) is 44.0 Å². The predicted octanol–water partition coefficient (Wildman–Crippen LogP) is 1.91. The Hall–Kier alpha value is -2.36. The normalized spacial score (nSPS) is 25.3. The van der Waals surface area contributed by atoms with Gasteiger partial charge in [0.2, 0.25) is 16.8 Å². The fraction of sp³-hybridized carbons (Fsp3) is 0.476. The van der Waals surface area contributed by atoms with Crippen LogP contribution in [0.4, 0.5) is 5.82 Å². The number of likely N-dealkylation sites (tertiary alicyclic amines) is 1. The van der Waals surface area contributed by atoms with Crippen molar-refractivity contribution >= 4 is 15.8 Å². The van der Waals surface area contributed by atoms with Gasteiger partial charge in [0.05, 0.1) is 12.1 Å². The van der Waals surface area contributed by atoms with Crippen LogP contribution in [0.1, 0.15) is 19.4 Å². The van der Waals surface area contributed by atoms with Crippen molar-refractivity contribution in [3.05, 3.63) is 42.1 Å². The van der Waals surface area contributed by atoms with E-state index in [9.17, 15) is 8.42 Å². The molecule has 0 unspecified atom stereocenters. The Balaban J connectivity index is 1.48. The average molecular weight is 431 g/mol. The van der Waals surface area contributed by atoms with Crippen LogP contribution in [0.15, 0.2) is 41.4 Å². The lowest BCUT2D eigenvalue weighted by atomic mass is 10.1. The third kappa shape index (κ3) is 3.03. The summed E-state index contributed by atoms with van der Waals surface area (Å²) in [5, 5.41) is 0. The molecule has 1 aromatic heterocycles. The summed E-state index contributed by atoms with van der Waals surface area (Å²) in [5.41, 5.74) is 1.12. The third-order valence-corrected chi connectivity index (χ3v) is 8.27. The first-order valence-corrected chi connectivity index (χ1v) is 11.6. The number of fused-ring (bicyclic) bond motifs is 3. The molecule has 0 bridgehead atoms. The number of pyridine rings is 1. The van der Waals surface area contributed by atoms with Crippen LogP contribution < -0.4 is 14.4 Å². The maximum atomic E-state index is 13.6. The van der Waals surface area contributed by atoms with E-state index in [1.165, 1.54) is 0 Å². The van der Waals surface area contributed by atoms with E-state index in [1.54, 1.807) is 22.6 Å². The first-order valence-electron chi connectivity index (χ1n) is 10.2. The molecular formula is C21H26N4O4S. The summed E-state index contributed by atoms with van der Waals surface area (Å²) in [5.74, 6) is 2.06. The lowest BCUT2D eigenvalue weighted by molar-refractivity contribution is 0.174. The van der Waals surface area contributed by atoms with Gasteiger partial charge < -0.3 is 14.4 Å². The highest BCUT2D eigenvalue weighted by Crippen LogP contribution is 2.38. The molecule has 2 aromatic rings. The predicted molar refractivity (Wildman–Crippen MR) is 112 cm³/mol. The summed E-state index contributed by atoms with van der Waals surface area (Å²) in [7, 11) is -1.69. The van der Waals surface area contributed by atoms with Gasteiger partial charge in [-0.3, -0.25) is 4.90 Å². The fourth-order valence-corrected chi connectivity index (χ4v) is 6.89. The van der Waals surface area contributed by atoms with Gasteiger partial charge in [-0.05, 0) is 43.7 Å². The van der Waals surface area contributed by atoms with E-state index in [0.717, 1.165) is 30.2 Å². The Labute approximate surface area is 177 Å². The van der Waals surface area contributed by atoms with Crippen molar-refractivity contribution in [1.82, 2.24) is 14.2 Å². The van der Waals surface area contributed by atoms with Crippen molar-refractivity contribution in [2.24, 2.45) is 0 Å². The monoisotopic (exact) mass is 430 g/mol. The maximum Gasteiger partial charge on any atom is 0.247 e. The van der Waals surface area contributed by atoms with Crippen LogP contribution in [-0.4, -0.2) is 67.7 Å². The molecule has 0 radical (unpaired) electrons. The number of rotatable bonds is 3. The Bertz CT molecular complexity index is 1070. The number of sulfonamides is 1. The van der Waals surface area contributed by atoms with E-state index in [0.29, 0.717) is 12.4 Å². The summed E-state index contributed by atoms with van der Waals surface area (Å²) < 4.78 is 39.7. The van der Waals surface area contributed by atoms with Crippen molar-refractivity contribution in [3.8, 4) is 11.5 Å². The quantitative estimate of drug-likeness (QED) is 0.736. The van der Waals surface area contributed by atoms with Gasteiger partial charge in [-0.1, -0.05) is 6.07 Å². The van der Waals surface area contributed by atoms with Crippen LogP contribution in [0, 0.1) is 0 Å². The van der Waals surface area contributed by atoms with Gasteiger partial charge in [-0.25, -0.2) is 13.4 Å². The van der Waals surface area contributed by atoms with Crippen molar-refractivity contribution in [2.75, 3.05) is 31.8 Å². The first-order chi connectivity index (χ1) is 14.4. The highest BCUT2D eigenvalue weighted by Gasteiger charge is 2.49. The number of hydrogen-bond acceptors (Lipinski definition) is 7. The smallest absolute Gasteiger partial charge is 0.247 e. The molecule has 0 N–H and O–H groups in total. The van der Waals surface area contributed by atoms with Gasteiger partial charge in [0, 0.05) is 38.9 Å². The highest BCUT2D eigenvalue weighted by atomic mass is 32.2. The summed E-state index contributed by atoms with van der Waals surface area (Å²) in [6, 6.07) is 9.06. The fourth-order valence-electron chi connectivity index (χ4n) is 4.86. The Morgan fingerprint density at radius 3 is 2.70 bits per heavy atom. The molecule has 0 aliphatic carbocycles. The molecule has 8 nitrogen and oxygen atoms in total. The van der Waals surface area contributed by atoms with E-state index < -0.39 is 10.0 Å². The van der Waals surface area contributed by atoms with Crippen LogP contribution in [0.2, 0.25) is 0 Å². The van der Waals surface area contributed by atoms with E-state index in [4.69, 9.17) is 9.47 Å². The van der Waals surface area contributed by atoms with Gasteiger partial charge in [0.15, 0.2) is 11.5 Å². The van der Waals surface area contributed by atoms with E-state index in [-0.39, 0.29) is 29.8 Å². The lowest BCUT2D eigenvalue weighted by Crippen LogP contribution is -2.52. The molecular weight excluding hydrogens is 404 g/mol. The second kappa shape index (κ2) is 7.11. The van der Waals surface area contributed by atoms with E-state index >= 15 is 0 Å². The zero-order valence-electron chi connectivity index (χ0n) is 17.4. The SMILES string of the molecule is CC(C)N1[C@H]2CN(Cc3ccc4c(c3)OCO4)C[C@H]2N(C)c2ncccc2S1(=O)=O. The van der Waals surface area contributed by atoms with Crippen molar-refractivity contribution in [2.45, 2.75) is 43.4 Å². The Morgan fingerprint density at radius 2 is 1.90 bits per heavy atom. The molecule has 5 rings (SSSR count). The number of benzene rings is 1. The van der Waals surface area contributed by atoms with E-state index in [2.05, 4.69) is 9.88 Å². The molecule has 2 atom stereocenters. The Kier molecular flexibility index (Phi) is 4.64. The number of hydrogen-bond donors (Lipinski definition) is 0.